The van der Waals surface area contributed by atoms with Crippen molar-refractivity contribution in [1.82, 2.24) is 15.6 Å². The van der Waals surface area contributed by atoms with E-state index < -0.39 is 0 Å². The zero-order valence-electron chi connectivity index (χ0n) is 14.4. The predicted molar refractivity (Wildman–Crippen MR) is 92.4 cm³/mol. The van der Waals surface area contributed by atoms with E-state index in [0.29, 0.717) is 18.0 Å². The summed E-state index contributed by atoms with van der Waals surface area (Å²) in [5.41, 5.74) is 2.68. The third-order valence-corrected chi connectivity index (χ3v) is 3.67. The van der Waals surface area contributed by atoms with Crippen molar-refractivity contribution in [2.75, 3.05) is 13.6 Å². The molecular formula is C18H23N3O3. The Labute approximate surface area is 141 Å². The van der Waals surface area contributed by atoms with Gasteiger partial charge in [-0.15, -0.1) is 0 Å². The molecule has 6 heteroatoms. The van der Waals surface area contributed by atoms with E-state index in [0.717, 1.165) is 11.1 Å². The van der Waals surface area contributed by atoms with Gasteiger partial charge < -0.3 is 20.4 Å². The highest BCUT2D eigenvalue weighted by atomic mass is 16.5. The Kier molecular flexibility index (Phi) is 5.63. The van der Waals surface area contributed by atoms with Crippen LogP contribution in [0, 0.1) is 6.92 Å². The smallest absolute Gasteiger partial charge is 0.271 e. The maximum atomic E-state index is 12.0. The maximum Gasteiger partial charge on any atom is 0.271 e. The van der Waals surface area contributed by atoms with Crippen LogP contribution < -0.4 is 15.4 Å². The van der Waals surface area contributed by atoms with Crippen LogP contribution in [0.5, 0.6) is 5.75 Å². The predicted octanol–water partition coefficient (Wildman–Crippen LogP) is 2.57. The molecule has 1 heterocycles. The van der Waals surface area contributed by atoms with Gasteiger partial charge in [0.1, 0.15) is 17.5 Å². The van der Waals surface area contributed by atoms with Gasteiger partial charge in [0.2, 0.25) is 0 Å². The number of aromatic nitrogens is 1. The normalized spacial score (nSPS) is 11.7. The van der Waals surface area contributed by atoms with E-state index in [2.05, 4.69) is 15.6 Å². The molecule has 0 fully saturated rings. The van der Waals surface area contributed by atoms with Crippen molar-refractivity contribution in [1.29, 1.82) is 0 Å². The summed E-state index contributed by atoms with van der Waals surface area (Å²) in [5, 5.41) is 5.24. The molecule has 2 amide bonds. The van der Waals surface area contributed by atoms with Crippen LogP contribution in [0.2, 0.25) is 0 Å². The monoisotopic (exact) mass is 329 g/mol. The fraction of sp³-hybridized carbons (Fsp3) is 0.333. The van der Waals surface area contributed by atoms with Gasteiger partial charge in [-0.2, -0.15) is 0 Å². The molecule has 2 rings (SSSR count). The summed E-state index contributed by atoms with van der Waals surface area (Å²) in [6.45, 7) is 6.25. The summed E-state index contributed by atoms with van der Waals surface area (Å²) in [6, 6.07) is 9.53. The molecule has 24 heavy (non-hydrogen) atoms. The van der Waals surface area contributed by atoms with Gasteiger partial charge in [0, 0.05) is 19.7 Å². The Morgan fingerprint density at radius 3 is 2.46 bits per heavy atom. The number of nitrogens with one attached hydrogen (secondary N) is 3. The van der Waals surface area contributed by atoms with Crippen LogP contribution in [0.25, 0.3) is 0 Å². The number of aryl methyl sites for hydroxylation is 1. The summed E-state index contributed by atoms with van der Waals surface area (Å²) in [4.78, 5) is 26.9. The molecule has 1 atom stereocenters. The number of carbonyl (C=O) groups is 2. The molecule has 3 N–H and O–H groups in total. The number of ether oxygens (including phenoxy) is 1. The second-order valence-corrected chi connectivity index (χ2v) is 5.53. The van der Waals surface area contributed by atoms with Crippen molar-refractivity contribution in [3.63, 3.8) is 0 Å². The van der Waals surface area contributed by atoms with E-state index in [1.807, 2.05) is 45.0 Å². The molecular weight excluding hydrogens is 306 g/mol. The third-order valence-electron chi connectivity index (χ3n) is 3.67. The first-order valence-corrected chi connectivity index (χ1v) is 7.92. The zero-order chi connectivity index (χ0) is 17.7. The van der Waals surface area contributed by atoms with Crippen molar-refractivity contribution >= 4 is 11.8 Å². The molecule has 0 saturated carbocycles. The van der Waals surface area contributed by atoms with Crippen molar-refractivity contribution < 1.29 is 14.3 Å². The number of carbonyl (C=O) groups excluding carboxylic acids is 2. The molecule has 2 aromatic rings. The fourth-order valence-electron chi connectivity index (χ4n) is 2.30. The number of hydrogen-bond acceptors (Lipinski definition) is 3. The second-order valence-electron chi connectivity index (χ2n) is 5.53. The average Bonchev–Trinajstić information content (AvgIpc) is 2.99. The van der Waals surface area contributed by atoms with E-state index in [-0.39, 0.29) is 23.6 Å². The summed E-state index contributed by atoms with van der Waals surface area (Å²) >= 11 is 0. The van der Waals surface area contributed by atoms with E-state index in [1.54, 1.807) is 6.07 Å². The van der Waals surface area contributed by atoms with Crippen molar-refractivity contribution in [2.24, 2.45) is 0 Å². The summed E-state index contributed by atoms with van der Waals surface area (Å²) in [5.74, 6) is -0.263. The summed E-state index contributed by atoms with van der Waals surface area (Å²) in [7, 11) is 1.53. The maximum absolute atomic E-state index is 12.0. The Balaban J connectivity index is 2.28. The lowest BCUT2D eigenvalue weighted by Gasteiger charge is -2.15. The first kappa shape index (κ1) is 17.6. The van der Waals surface area contributed by atoms with Crippen molar-refractivity contribution in [3.05, 3.63) is 52.8 Å². The van der Waals surface area contributed by atoms with Crippen LogP contribution in [0.15, 0.2) is 30.3 Å². The van der Waals surface area contributed by atoms with Gasteiger partial charge in [0.15, 0.2) is 5.75 Å². The lowest BCUT2D eigenvalue weighted by molar-refractivity contribution is 0.0951. The van der Waals surface area contributed by atoms with Gasteiger partial charge in [-0.3, -0.25) is 9.59 Å². The summed E-state index contributed by atoms with van der Waals surface area (Å²) < 4.78 is 5.93. The number of aromatic amines is 1. The van der Waals surface area contributed by atoms with E-state index in [4.69, 9.17) is 4.74 Å². The summed E-state index contributed by atoms with van der Waals surface area (Å²) in [6.07, 6.45) is -0.258. The highest BCUT2D eigenvalue weighted by Crippen LogP contribution is 2.26. The van der Waals surface area contributed by atoms with Gasteiger partial charge in [0.05, 0.1) is 0 Å². The van der Waals surface area contributed by atoms with Crippen LogP contribution in [-0.2, 0) is 0 Å². The molecule has 0 saturated heterocycles. The number of H-pyrrole nitrogens is 1. The molecule has 128 valence electrons. The fourth-order valence-corrected chi connectivity index (χ4v) is 2.30. The zero-order valence-corrected chi connectivity index (χ0v) is 14.4. The van der Waals surface area contributed by atoms with Crippen molar-refractivity contribution in [2.45, 2.75) is 26.9 Å². The van der Waals surface area contributed by atoms with Crippen molar-refractivity contribution in [3.8, 4) is 5.75 Å². The molecule has 0 spiro atoms. The molecule has 1 aromatic heterocycles. The lowest BCUT2D eigenvalue weighted by atomic mass is 10.1. The molecule has 0 aliphatic rings. The van der Waals surface area contributed by atoms with Gasteiger partial charge >= 0.3 is 0 Å². The van der Waals surface area contributed by atoms with Crippen LogP contribution in [0.3, 0.4) is 0 Å². The lowest BCUT2D eigenvalue weighted by Crippen LogP contribution is -2.23. The van der Waals surface area contributed by atoms with Crippen LogP contribution in [0.1, 0.15) is 52.1 Å². The largest absolute Gasteiger partial charge is 0.484 e. The quantitative estimate of drug-likeness (QED) is 0.761. The molecule has 0 bridgehead atoms. The Morgan fingerprint density at radius 2 is 1.88 bits per heavy atom. The molecule has 1 aromatic carbocycles. The Morgan fingerprint density at radius 1 is 1.21 bits per heavy atom. The Hall–Kier alpha value is -2.76. The average molecular weight is 329 g/mol. The van der Waals surface area contributed by atoms with Gasteiger partial charge in [-0.05, 0) is 26.3 Å². The number of rotatable bonds is 6. The van der Waals surface area contributed by atoms with Crippen LogP contribution >= 0.6 is 0 Å². The van der Waals surface area contributed by atoms with E-state index in [9.17, 15) is 9.59 Å². The minimum atomic E-state index is -0.336. The molecule has 0 radical (unpaired) electrons. The van der Waals surface area contributed by atoms with Gasteiger partial charge in [-0.1, -0.05) is 29.8 Å². The topological polar surface area (TPSA) is 83.2 Å². The number of benzene rings is 1. The second kappa shape index (κ2) is 7.68. The van der Waals surface area contributed by atoms with E-state index >= 15 is 0 Å². The van der Waals surface area contributed by atoms with Crippen LogP contribution in [-0.4, -0.2) is 30.4 Å². The third kappa shape index (κ3) is 3.95. The minimum Gasteiger partial charge on any atom is -0.484 e. The first-order chi connectivity index (χ1) is 11.5. The Bertz CT molecular complexity index is 720. The SMILES string of the molecule is CCNC(=O)c1cc(O[C@@H](C)c2ccc(C)cc2)c(C(=O)NC)[nH]1. The first-order valence-electron chi connectivity index (χ1n) is 7.92. The molecule has 0 unspecified atom stereocenters. The number of hydrogen-bond donors (Lipinski definition) is 3. The minimum absolute atomic E-state index is 0.234. The van der Waals surface area contributed by atoms with Crippen LogP contribution in [0.4, 0.5) is 0 Å². The standard InChI is InChI=1S/C18H23N3O3/c1-5-20-17(22)14-10-15(16(21-14)18(23)19-4)24-12(3)13-8-6-11(2)7-9-13/h6-10,12,21H,5H2,1-4H3,(H,19,23)(H,20,22)/t12-/m0/s1. The highest BCUT2D eigenvalue weighted by Gasteiger charge is 2.21. The molecule has 0 aliphatic heterocycles. The molecule has 6 nitrogen and oxygen atoms in total. The number of amides is 2. The van der Waals surface area contributed by atoms with Gasteiger partial charge in [-0.25, -0.2) is 0 Å². The van der Waals surface area contributed by atoms with E-state index in [1.165, 1.54) is 7.05 Å². The molecule has 0 aliphatic carbocycles. The van der Waals surface area contributed by atoms with Gasteiger partial charge in [0.25, 0.3) is 11.8 Å². The highest BCUT2D eigenvalue weighted by molar-refractivity contribution is 5.99.